The smallest absolute Gasteiger partial charge is 0.242 e. The van der Waals surface area contributed by atoms with Crippen molar-refractivity contribution in [2.75, 3.05) is 44.3 Å². The van der Waals surface area contributed by atoms with Gasteiger partial charge in [-0.1, -0.05) is 23.7 Å². The Morgan fingerprint density at radius 1 is 1.03 bits per heavy atom. The van der Waals surface area contributed by atoms with Gasteiger partial charge in [0.05, 0.1) is 13.2 Å². The van der Waals surface area contributed by atoms with Gasteiger partial charge in [-0.05, 0) is 42.7 Å². The maximum atomic E-state index is 12.8. The van der Waals surface area contributed by atoms with Gasteiger partial charge in [-0.2, -0.15) is 0 Å². The van der Waals surface area contributed by atoms with E-state index in [1.54, 1.807) is 12.1 Å². The van der Waals surface area contributed by atoms with E-state index in [4.69, 9.17) is 16.3 Å². The summed E-state index contributed by atoms with van der Waals surface area (Å²) in [5, 5.41) is 0.735. The van der Waals surface area contributed by atoms with E-state index in [0.29, 0.717) is 13.2 Å². The molecule has 0 radical (unpaired) electrons. The molecule has 2 aromatic rings. The van der Waals surface area contributed by atoms with Crippen LogP contribution in [0.1, 0.15) is 18.4 Å². The number of sulfonamides is 1. The van der Waals surface area contributed by atoms with Crippen molar-refractivity contribution in [3.8, 4) is 0 Å². The number of hydrogen-bond acceptors (Lipinski definition) is 6. The minimum atomic E-state index is -3.58. The Kier molecular flexibility index (Phi) is 6.90. The van der Waals surface area contributed by atoms with E-state index in [2.05, 4.69) is 19.5 Å². The number of hydrogen-bond donors (Lipinski definition) is 1. The molecular weight excluding hydrogens is 424 g/mol. The highest BCUT2D eigenvalue weighted by Gasteiger charge is 2.25. The molecular formula is C21H27ClN4O3S. The van der Waals surface area contributed by atoms with E-state index in [0.717, 1.165) is 56.4 Å². The number of piperidine rings is 1. The minimum Gasteiger partial charge on any atom is -0.378 e. The molecule has 7 nitrogen and oxygen atoms in total. The van der Waals surface area contributed by atoms with Gasteiger partial charge < -0.3 is 9.64 Å². The Bertz CT molecular complexity index is 924. The predicted octanol–water partition coefficient (Wildman–Crippen LogP) is 2.51. The molecule has 2 saturated heterocycles. The van der Waals surface area contributed by atoms with Crippen LogP contribution in [0.4, 0.5) is 5.82 Å². The SMILES string of the molecule is O=S(=O)(NC1CCN(Cc2ccc(Cl)cc2)CC1)c1ccc(N2CCOCC2)nc1. The van der Waals surface area contributed by atoms with Crippen LogP contribution in [0.3, 0.4) is 0 Å². The van der Waals surface area contributed by atoms with Gasteiger partial charge in [-0.25, -0.2) is 18.1 Å². The van der Waals surface area contributed by atoms with Crippen LogP contribution in [-0.4, -0.2) is 63.7 Å². The first-order chi connectivity index (χ1) is 14.5. The topological polar surface area (TPSA) is 74.8 Å². The average Bonchev–Trinajstić information content (AvgIpc) is 2.77. The van der Waals surface area contributed by atoms with Crippen molar-refractivity contribution in [3.63, 3.8) is 0 Å². The van der Waals surface area contributed by atoms with E-state index in [1.165, 1.54) is 11.8 Å². The molecule has 9 heteroatoms. The Morgan fingerprint density at radius 3 is 2.37 bits per heavy atom. The Labute approximate surface area is 183 Å². The van der Waals surface area contributed by atoms with E-state index < -0.39 is 10.0 Å². The molecule has 3 heterocycles. The van der Waals surface area contributed by atoms with Gasteiger partial charge in [0.2, 0.25) is 10.0 Å². The second-order valence-electron chi connectivity index (χ2n) is 7.75. The second-order valence-corrected chi connectivity index (χ2v) is 9.90. The minimum absolute atomic E-state index is 0.0598. The average molecular weight is 451 g/mol. The first kappa shape index (κ1) is 21.5. The Morgan fingerprint density at radius 2 is 1.73 bits per heavy atom. The number of rotatable bonds is 6. The third kappa shape index (κ3) is 5.50. The number of pyridine rings is 1. The summed E-state index contributed by atoms with van der Waals surface area (Å²) in [6.45, 7) is 5.43. The molecule has 0 atom stereocenters. The third-order valence-corrected chi connectivity index (χ3v) is 7.35. The van der Waals surface area contributed by atoms with E-state index >= 15 is 0 Å². The number of nitrogens with one attached hydrogen (secondary N) is 1. The monoisotopic (exact) mass is 450 g/mol. The largest absolute Gasteiger partial charge is 0.378 e. The fraction of sp³-hybridized carbons (Fsp3) is 0.476. The summed E-state index contributed by atoms with van der Waals surface area (Å²) < 4.78 is 33.8. The van der Waals surface area contributed by atoms with E-state index in [9.17, 15) is 8.42 Å². The Balaban J connectivity index is 1.30. The second kappa shape index (κ2) is 9.62. The van der Waals surface area contributed by atoms with Crippen LogP contribution in [-0.2, 0) is 21.3 Å². The molecule has 0 unspecified atom stereocenters. The molecule has 1 aromatic carbocycles. The zero-order chi connectivity index (χ0) is 21.0. The maximum absolute atomic E-state index is 12.8. The van der Waals surface area contributed by atoms with Gasteiger partial charge in [-0.3, -0.25) is 4.90 Å². The van der Waals surface area contributed by atoms with Crippen molar-refractivity contribution in [2.24, 2.45) is 0 Å². The molecule has 4 rings (SSSR count). The van der Waals surface area contributed by atoms with Crippen molar-refractivity contribution in [1.82, 2.24) is 14.6 Å². The van der Waals surface area contributed by atoms with Crippen LogP contribution < -0.4 is 9.62 Å². The number of benzene rings is 1. The summed E-state index contributed by atoms with van der Waals surface area (Å²) in [5.41, 5.74) is 1.21. The van der Waals surface area contributed by atoms with Crippen molar-refractivity contribution in [1.29, 1.82) is 0 Å². The lowest BCUT2D eigenvalue weighted by Crippen LogP contribution is -2.44. The lowest BCUT2D eigenvalue weighted by Gasteiger charge is -2.32. The lowest BCUT2D eigenvalue weighted by atomic mass is 10.1. The highest BCUT2D eigenvalue weighted by Crippen LogP contribution is 2.19. The van der Waals surface area contributed by atoms with Gasteiger partial charge >= 0.3 is 0 Å². The number of likely N-dealkylation sites (tertiary alicyclic amines) is 1. The summed E-state index contributed by atoms with van der Waals surface area (Å²) in [6.07, 6.45) is 3.01. The number of nitrogens with zero attached hydrogens (tertiary/aromatic N) is 3. The van der Waals surface area contributed by atoms with Gasteiger partial charge in [0.25, 0.3) is 0 Å². The number of halogens is 1. The number of ether oxygens (including phenoxy) is 1. The van der Waals surface area contributed by atoms with E-state index in [1.807, 2.05) is 24.3 Å². The van der Waals surface area contributed by atoms with E-state index in [-0.39, 0.29) is 10.9 Å². The summed E-state index contributed by atoms with van der Waals surface area (Å²) in [6, 6.07) is 11.2. The molecule has 0 bridgehead atoms. The molecule has 2 fully saturated rings. The molecule has 1 N–H and O–H groups in total. The van der Waals surface area contributed by atoms with Crippen LogP contribution >= 0.6 is 11.6 Å². The zero-order valence-corrected chi connectivity index (χ0v) is 18.4. The van der Waals surface area contributed by atoms with Crippen LogP contribution in [0.5, 0.6) is 0 Å². The third-order valence-electron chi connectivity index (χ3n) is 5.59. The van der Waals surface area contributed by atoms with Gasteiger partial charge in [0.1, 0.15) is 10.7 Å². The fourth-order valence-corrected chi connectivity index (χ4v) is 5.23. The van der Waals surface area contributed by atoms with Crippen LogP contribution in [0.15, 0.2) is 47.5 Å². The lowest BCUT2D eigenvalue weighted by molar-refractivity contribution is 0.122. The summed E-state index contributed by atoms with van der Waals surface area (Å²) in [4.78, 5) is 9.01. The number of morpholine rings is 1. The van der Waals surface area contributed by atoms with Crippen molar-refractivity contribution in [2.45, 2.75) is 30.3 Å². The predicted molar refractivity (Wildman–Crippen MR) is 117 cm³/mol. The molecule has 0 spiro atoms. The first-order valence-corrected chi connectivity index (χ1v) is 12.1. The van der Waals surface area contributed by atoms with Crippen molar-refractivity contribution >= 4 is 27.4 Å². The van der Waals surface area contributed by atoms with Gasteiger partial charge in [-0.15, -0.1) is 0 Å². The molecule has 0 saturated carbocycles. The zero-order valence-electron chi connectivity index (χ0n) is 16.8. The van der Waals surface area contributed by atoms with Crippen LogP contribution in [0.2, 0.25) is 5.02 Å². The molecule has 30 heavy (non-hydrogen) atoms. The summed E-state index contributed by atoms with van der Waals surface area (Å²) in [5.74, 6) is 0.785. The van der Waals surface area contributed by atoms with Gasteiger partial charge in [0.15, 0.2) is 0 Å². The molecule has 0 amide bonds. The molecule has 2 aliphatic heterocycles. The quantitative estimate of drug-likeness (QED) is 0.728. The normalized spacial score (nSPS) is 19.2. The van der Waals surface area contributed by atoms with Crippen LogP contribution in [0.25, 0.3) is 0 Å². The first-order valence-electron chi connectivity index (χ1n) is 10.3. The summed E-state index contributed by atoms with van der Waals surface area (Å²) in [7, 11) is -3.58. The molecule has 0 aliphatic carbocycles. The standard InChI is InChI=1S/C21H27ClN4O3S/c22-18-3-1-17(2-4-18)16-25-9-7-19(8-10-25)24-30(27,28)20-5-6-21(23-15-20)26-11-13-29-14-12-26/h1-6,15,19,24H,7-14,16H2. The van der Waals surface area contributed by atoms with Crippen molar-refractivity contribution in [3.05, 3.63) is 53.2 Å². The molecule has 1 aromatic heterocycles. The highest BCUT2D eigenvalue weighted by atomic mass is 35.5. The van der Waals surface area contributed by atoms with Gasteiger partial charge in [0, 0.05) is 50.0 Å². The molecule has 2 aliphatic rings. The van der Waals surface area contributed by atoms with Crippen molar-refractivity contribution < 1.29 is 13.2 Å². The van der Waals surface area contributed by atoms with Crippen LogP contribution in [0, 0.1) is 0 Å². The fourth-order valence-electron chi connectivity index (χ4n) is 3.86. The highest BCUT2D eigenvalue weighted by molar-refractivity contribution is 7.89. The summed E-state index contributed by atoms with van der Waals surface area (Å²) >= 11 is 5.94. The number of aromatic nitrogens is 1. The maximum Gasteiger partial charge on any atom is 0.242 e. The Hall–Kier alpha value is -1.71. The number of anilines is 1. The molecule has 162 valence electrons.